The second-order valence-corrected chi connectivity index (χ2v) is 7.99. The van der Waals surface area contributed by atoms with Crippen molar-refractivity contribution in [3.63, 3.8) is 0 Å². The van der Waals surface area contributed by atoms with E-state index in [2.05, 4.69) is 22.3 Å². The highest BCUT2D eigenvalue weighted by atomic mass is 16.6. The molecule has 0 saturated carbocycles. The van der Waals surface area contributed by atoms with Crippen LogP contribution < -0.4 is 24.6 Å². The van der Waals surface area contributed by atoms with Gasteiger partial charge in [0.2, 0.25) is 5.91 Å². The number of ether oxygens (including phenoxy) is 2. The number of anilines is 2. The topological polar surface area (TPSA) is 74.3 Å². The Morgan fingerprint density at radius 2 is 1.65 bits per heavy atom. The summed E-state index contributed by atoms with van der Waals surface area (Å²) in [5, 5.41) is 3.05. The van der Waals surface area contributed by atoms with Gasteiger partial charge in [-0.15, -0.1) is 0 Å². The van der Waals surface area contributed by atoms with Gasteiger partial charge in [-0.05, 0) is 24.3 Å². The van der Waals surface area contributed by atoms with Crippen LogP contribution in [0.5, 0.6) is 11.5 Å². The molecular weight excluding hydrogens is 396 g/mol. The molecule has 8 heteroatoms. The highest BCUT2D eigenvalue weighted by Gasteiger charge is 2.33. The van der Waals surface area contributed by atoms with Gasteiger partial charge in [0.05, 0.1) is 6.04 Å². The lowest BCUT2D eigenvalue weighted by Gasteiger charge is -2.36. The van der Waals surface area contributed by atoms with Gasteiger partial charge in [-0.1, -0.05) is 18.2 Å². The number of hydrogen-bond acceptors (Lipinski definition) is 5. The predicted molar refractivity (Wildman–Crippen MR) is 117 cm³/mol. The number of fused-ring (bicyclic) bond motifs is 1. The average molecular weight is 422 g/mol. The number of benzene rings is 2. The summed E-state index contributed by atoms with van der Waals surface area (Å²) in [4.78, 5) is 31.2. The molecule has 162 valence electrons. The third-order valence-corrected chi connectivity index (χ3v) is 5.98. The fourth-order valence-corrected chi connectivity index (χ4v) is 4.33. The predicted octanol–water partition coefficient (Wildman–Crippen LogP) is 2.09. The van der Waals surface area contributed by atoms with Crippen LogP contribution in [0.3, 0.4) is 0 Å². The molecule has 2 fully saturated rings. The van der Waals surface area contributed by atoms with Crippen LogP contribution in [0.4, 0.5) is 16.2 Å². The van der Waals surface area contributed by atoms with E-state index >= 15 is 0 Å². The van der Waals surface area contributed by atoms with Gasteiger partial charge in [0.1, 0.15) is 13.2 Å². The van der Waals surface area contributed by atoms with Crippen LogP contribution in [0, 0.1) is 0 Å². The molecule has 0 unspecified atom stereocenters. The first kappa shape index (κ1) is 19.5. The van der Waals surface area contributed by atoms with Crippen LogP contribution in [-0.2, 0) is 4.79 Å². The van der Waals surface area contributed by atoms with Crippen LogP contribution in [-0.4, -0.2) is 68.8 Å². The molecule has 3 heterocycles. The van der Waals surface area contributed by atoms with Crippen molar-refractivity contribution in [3.8, 4) is 11.5 Å². The van der Waals surface area contributed by atoms with Gasteiger partial charge < -0.3 is 29.5 Å². The Morgan fingerprint density at radius 1 is 0.903 bits per heavy atom. The van der Waals surface area contributed by atoms with Gasteiger partial charge in [0.25, 0.3) is 0 Å². The number of hydrogen-bond donors (Lipinski definition) is 1. The molecule has 3 aliphatic rings. The van der Waals surface area contributed by atoms with Crippen LogP contribution in [0.25, 0.3) is 0 Å². The zero-order valence-electron chi connectivity index (χ0n) is 17.3. The van der Waals surface area contributed by atoms with Crippen molar-refractivity contribution in [2.45, 2.75) is 12.5 Å². The molecule has 0 bridgehead atoms. The number of rotatable bonds is 3. The fraction of sp³-hybridized carbons (Fsp3) is 0.391. The highest BCUT2D eigenvalue weighted by Crippen LogP contribution is 2.35. The van der Waals surface area contributed by atoms with Crippen molar-refractivity contribution in [3.05, 3.63) is 48.5 Å². The monoisotopic (exact) mass is 422 g/mol. The molecule has 0 spiro atoms. The van der Waals surface area contributed by atoms with Crippen molar-refractivity contribution in [1.29, 1.82) is 0 Å². The van der Waals surface area contributed by atoms with Crippen LogP contribution in [0.2, 0.25) is 0 Å². The maximum Gasteiger partial charge on any atom is 0.317 e. The Kier molecular flexibility index (Phi) is 5.28. The molecule has 0 aliphatic carbocycles. The maximum absolute atomic E-state index is 12.8. The lowest BCUT2D eigenvalue weighted by atomic mass is 10.2. The number of carbonyl (C=O) groups excluding carboxylic acids is 2. The molecular formula is C23H26N4O4. The Balaban J connectivity index is 1.16. The first-order valence-electron chi connectivity index (χ1n) is 10.7. The summed E-state index contributed by atoms with van der Waals surface area (Å²) >= 11 is 0. The number of nitrogens with zero attached hydrogens (tertiary/aromatic N) is 3. The zero-order valence-corrected chi connectivity index (χ0v) is 17.3. The summed E-state index contributed by atoms with van der Waals surface area (Å²) in [6.07, 6.45) is 0.296. The quantitative estimate of drug-likeness (QED) is 0.820. The Morgan fingerprint density at radius 3 is 2.42 bits per heavy atom. The average Bonchev–Trinajstić information content (AvgIpc) is 3.19. The Hall–Kier alpha value is -3.42. The summed E-state index contributed by atoms with van der Waals surface area (Å²) in [7, 11) is 0. The summed E-state index contributed by atoms with van der Waals surface area (Å²) < 4.78 is 11.2. The first-order chi connectivity index (χ1) is 15.2. The Labute approximate surface area is 181 Å². The molecule has 3 amide bonds. The third kappa shape index (κ3) is 4.10. The van der Waals surface area contributed by atoms with Gasteiger partial charge >= 0.3 is 6.03 Å². The first-order valence-corrected chi connectivity index (χ1v) is 10.7. The normalized spacial score (nSPS) is 20.7. The highest BCUT2D eigenvalue weighted by molar-refractivity contribution is 5.97. The number of carbonyl (C=O) groups is 2. The molecule has 31 heavy (non-hydrogen) atoms. The molecule has 8 nitrogen and oxygen atoms in total. The van der Waals surface area contributed by atoms with Crippen molar-refractivity contribution in [2.24, 2.45) is 0 Å². The SMILES string of the molecule is O=C(N[C@@H]1CC(=O)N(c2ccc3c(c2)OCCO3)C1)N1CCN(c2ccccc2)CC1. The van der Waals surface area contributed by atoms with Gasteiger partial charge in [0.15, 0.2) is 11.5 Å². The standard InChI is InChI=1S/C23H26N4O4/c28-22-14-17(16-27(22)19-6-7-20-21(15-19)31-13-12-30-20)24-23(29)26-10-8-25(9-11-26)18-4-2-1-3-5-18/h1-7,15,17H,8-14,16H2,(H,24,29)/t17-/m1/s1. The molecule has 0 aromatic heterocycles. The molecule has 2 aromatic carbocycles. The summed E-state index contributed by atoms with van der Waals surface area (Å²) in [5.74, 6) is 1.34. The van der Waals surface area contributed by atoms with E-state index in [1.807, 2.05) is 41.3 Å². The molecule has 3 aliphatic heterocycles. The number of nitrogens with one attached hydrogen (secondary N) is 1. The molecule has 1 atom stereocenters. The van der Waals surface area contributed by atoms with E-state index in [4.69, 9.17) is 9.47 Å². The summed E-state index contributed by atoms with van der Waals surface area (Å²) in [6, 6.07) is 15.4. The molecule has 0 radical (unpaired) electrons. The number of piperazine rings is 1. The van der Waals surface area contributed by atoms with E-state index in [0.29, 0.717) is 50.8 Å². The van der Waals surface area contributed by atoms with E-state index in [9.17, 15) is 9.59 Å². The second kappa shape index (κ2) is 8.37. The van der Waals surface area contributed by atoms with Crippen LogP contribution in [0.15, 0.2) is 48.5 Å². The Bertz CT molecular complexity index is 959. The third-order valence-electron chi connectivity index (χ3n) is 5.98. The number of amides is 3. The van der Waals surface area contributed by atoms with Gasteiger partial charge in [0, 0.05) is 56.6 Å². The van der Waals surface area contributed by atoms with E-state index in [1.165, 1.54) is 5.69 Å². The van der Waals surface area contributed by atoms with Crippen molar-refractivity contribution in [2.75, 3.05) is 55.7 Å². The van der Waals surface area contributed by atoms with E-state index in [0.717, 1.165) is 18.8 Å². The number of urea groups is 1. The second-order valence-electron chi connectivity index (χ2n) is 7.99. The zero-order chi connectivity index (χ0) is 21.2. The summed E-state index contributed by atoms with van der Waals surface area (Å²) in [5.41, 5.74) is 1.95. The fourth-order valence-electron chi connectivity index (χ4n) is 4.33. The minimum atomic E-state index is -0.208. The molecule has 5 rings (SSSR count). The van der Waals surface area contributed by atoms with E-state index in [-0.39, 0.29) is 18.0 Å². The smallest absolute Gasteiger partial charge is 0.317 e. The van der Waals surface area contributed by atoms with Gasteiger partial charge in [-0.2, -0.15) is 0 Å². The number of para-hydroxylation sites is 1. The minimum absolute atomic E-state index is 0.00382. The minimum Gasteiger partial charge on any atom is -0.486 e. The van der Waals surface area contributed by atoms with Crippen LogP contribution >= 0.6 is 0 Å². The molecule has 2 saturated heterocycles. The lowest BCUT2D eigenvalue weighted by molar-refractivity contribution is -0.117. The maximum atomic E-state index is 12.8. The van der Waals surface area contributed by atoms with Crippen LogP contribution in [0.1, 0.15) is 6.42 Å². The summed E-state index contributed by atoms with van der Waals surface area (Å²) in [6.45, 7) is 4.40. The van der Waals surface area contributed by atoms with Crippen molar-refractivity contribution < 1.29 is 19.1 Å². The van der Waals surface area contributed by atoms with Gasteiger partial charge in [-0.3, -0.25) is 4.79 Å². The van der Waals surface area contributed by atoms with E-state index < -0.39 is 0 Å². The van der Waals surface area contributed by atoms with E-state index in [1.54, 1.807) is 4.90 Å². The molecule has 1 N–H and O–H groups in total. The van der Waals surface area contributed by atoms with Gasteiger partial charge in [-0.25, -0.2) is 4.79 Å². The van der Waals surface area contributed by atoms with Crippen molar-refractivity contribution in [1.82, 2.24) is 10.2 Å². The lowest BCUT2D eigenvalue weighted by Crippen LogP contribution is -2.53. The molecule has 2 aromatic rings. The van der Waals surface area contributed by atoms with Crippen molar-refractivity contribution >= 4 is 23.3 Å². The largest absolute Gasteiger partial charge is 0.486 e.